The molecule has 0 radical (unpaired) electrons. The first-order valence-electron chi connectivity index (χ1n) is 11.4. The number of nitrogens with zero attached hydrogens (tertiary/aromatic N) is 4. The lowest BCUT2D eigenvalue weighted by molar-refractivity contribution is -0.121. The van der Waals surface area contributed by atoms with Crippen LogP contribution in [0.2, 0.25) is 0 Å². The van der Waals surface area contributed by atoms with Gasteiger partial charge in [0.2, 0.25) is 11.8 Å². The van der Waals surface area contributed by atoms with E-state index in [4.69, 9.17) is 0 Å². The Morgan fingerprint density at radius 3 is 1.64 bits per heavy atom. The van der Waals surface area contributed by atoms with Crippen molar-refractivity contribution in [1.29, 1.82) is 0 Å². The maximum absolute atomic E-state index is 12.2. The van der Waals surface area contributed by atoms with Gasteiger partial charge in [-0.15, -0.1) is 0 Å². The molecule has 8 nitrogen and oxygen atoms in total. The average molecular weight is 447 g/mol. The highest BCUT2D eigenvalue weighted by Crippen LogP contribution is 2.11. The molecule has 33 heavy (non-hydrogen) atoms. The van der Waals surface area contributed by atoms with Gasteiger partial charge in [-0.05, 0) is 56.4 Å². The summed E-state index contributed by atoms with van der Waals surface area (Å²) in [4.78, 5) is 33.5. The zero-order chi connectivity index (χ0) is 23.2. The molecule has 0 unspecified atom stereocenters. The fourth-order valence-electron chi connectivity index (χ4n) is 3.92. The number of hydrogen-bond acceptors (Lipinski definition) is 4. The zero-order valence-electron chi connectivity index (χ0n) is 19.2. The van der Waals surface area contributed by atoms with Crippen LogP contribution in [0.5, 0.6) is 0 Å². The molecule has 172 valence electrons. The summed E-state index contributed by atoms with van der Waals surface area (Å²) in [5.41, 5.74) is 5.49. The number of fused-ring (bicyclic) bond motifs is 2. The Morgan fingerprint density at radius 1 is 0.758 bits per heavy atom. The van der Waals surface area contributed by atoms with Gasteiger partial charge in [-0.3, -0.25) is 9.59 Å². The smallest absolute Gasteiger partial charge is 0.226 e. The number of hydrogen-bond donors (Lipinski definition) is 2. The predicted molar refractivity (Wildman–Crippen MR) is 127 cm³/mol. The first-order chi connectivity index (χ1) is 16.0. The number of aryl methyl sites for hydroxylation is 2. The largest absolute Gasteiger partial charge is 0.356 e. The number of carbonyl (C=O) groups excluding carboxylic acids is 2. The molecule has 0 atom stereocenters. The van der Waals surface area contributed by atoms with Gasteiger partial charge in [-0.25, -0.2) is 9.97 Å². The number of aromatic nitrogens is 4. The standard InChI is InChI=1S/C25H30N6O2/c1-18-8-6-12-30-16-20(28-24(18)30)14-22(32)26-10-4-3-5-11-27-23(33)15-21-17-31-13-7-9-19(2)25(31)29-21/h6-9,12-13,16-17H,3-5,10-11,14-15H2,1-2H3,(H,26,32)(H,27,33). The van der Waals surface area contributed by atoms with Crippen molar-refractivity contribution in [3.63, 3.8) is 0 Å². The van der Waals surface area contributed by atoms with Gasteiger partial charge in [-0.2, -0.15) is 0 Å². The van der Waals surface area contributed by atoms with E-state index in [0.29, 0.717) is 13.1 Å². The maximum Gasteiger partial charge on any atom is 0.226 e. The Labute approximate surface area is 193 Å². The van der Waals surface area contributed by atoms with Gasteiger partial charge in [0.25, 0.3) is 0 Å². The molecule has 0 bridgehead atoms. The molecule has 4 aromatic rings. The summed E-state index contributed by atoms with van der Waals surface area (Å²) < 4.78 is 3.89. The number of pyridine rings is 2. The molecule has 4 aromatic heterocycles. The van der Waals surface area contributed by atoms with Gasteiger partial charge in [0.15, 0.2) is 0 Å². The third-order valence-electron chi connectivity index (χ3n) is 5.64. The Hall–Kier alpha value is -3.68. The van der Waals surface area contributed by atoms with Crippen LogP contribution in [0.4, 0.5) is 0 Å². The molecule has 0 saturated heterocycles. The van der Waals surface area contributed by atoms with Gasteiger partial charge in [0.05, 0.1) is 24.2 Å². The highest BCUT2D eigenvalue weighted by Gasteiger charge is 2.10. The number of nitrogens with one attached hydrogen (secondary N) is 2. The minimum atomic E-state index is -0.0212. The second kappa shape index (κ2) is 10.3. The average Bonchev–Trinajstić information content (AvgIpc) is 3.38. The molecule has 2 N–H and O–H groups in total. The molecule has 8 heteroatoms. The van der Waals surface area contributed by atoms with E-state index in [0.717, 1.165) is 53.1 Å². The summed E-state index contributed by atoms with van der Waals surface area (Å²) in [5, 5.41) is 5.91. The number of carbonyl (C=O) groups is 2. The Morgan fingerprint density at radius 2 is 1.21 bits per heavy atom. The topological polar surface area (TPSA) is 92.8 Å². The van der Waals surface area contributed by atoms with Crippen LogP contribution in [-0.4, -0.2) is 43.7 Å². The summed E-state index contributed by atoms with van der Waals surface area (Å²) in [6, 6.07) is 7.96. The lowest BCUT2D eigenvalue weighted by Gasteiger charge is -2.05. The molecule has 0 fully saturated rings. The summed E-state index contributed by atoms with van der Waals surface area (Å²) in [6.07, 6.45) is 10.9. The fraction of sp³-hybridized carbons (Fsp3) is 0.360. The number of amides is 2. The van der Waals surface area contributed by atoms with Crippen LogP contribution in [0, 0.1) is 13.8 Å². The summed E-state index contributed by atoms with van der Waals surface area (Å²) in [7, 11) is 0. The monoisotopic (exact) mass is 446 g/mol. The third-order valence-corrected chi connectivity index (χ3v) is 5.64. The first-order valence-corrected chi connectivity index (χ1v) is 11.4. The van der Waals surface area contributed by atoms with Crippen molar-refractivity contribution >= 4 is 23.1 Å². The van der Waals surface area contributed by atoms with Gasteiger partial charge in [0.1, 0.15) is 11.3 Å². The molecule has 0 aliphatic heterocycles. The SMILES string of the molecule is Cc1cccn2cc(CC(=O)NCCCCCNC(=O)Cc3cn4cccc(C)c4n3)nc12. The molecule has 0 spiro atoms. The lowest BCUT2D eigenvalue weighted by Crippen LogP contribution is -2.27. The molecule has 0 aliphatic carbocycles. The Balaban J connectivity index is 1.09. The van der Waals surface area contributed by atoms with Crippen LogP contribution in [0.15, 0.2) is 49.1 Å². The van der Waals surface area contributed by atoms with E-state index in [1.54, 1.807) is 0 Å². The molecule has 0 aliphatic rings. The third kappa shape index (κ3) is 5.77. The normalized spacial score (nSPS) is 11.2. The number of imidazole rings is 2. The van der Waals surface area contributed by atoms with Crippen molar-refractivity contribution in [3.05, 3.63) is 71.6 Å². The van der Waals surface area contributed by atoms with Crippen molar-refractivity contribution in [3.8, 4) is 0 Å². The molecule has 0 aromatic carbocycles. The minimum Gasteiger partial charge on any atom is -0.356 e. The van der Waals surface area contributed by atoms with Crippen LogP contribution in [0.25, 0.3) is 11.3 Å². The highest BCUT2D eigenvalue weighted by molar-refractivity contribution is 5.78. The Kier molecular flexibility index (Phi) is 7.02. The van der Waals surface area contributed by atoms with E-state index in [9.17, 15) is 9.59 Å². The van der Waals surface area contributed by atoms with Crippen molar-refractivity contribution < 1.29 is 9.59 Å². The van der Waals surface area contributed by atoms with Gasteiger partial charge in [-0.1, -0.05) is 12.1 Å². The zero-order valence-corrected chi connectivity index (χ0v) is 19.2. The summed E-state index contributed by atoms with van der Waals surface area (Å²) in [6.45, 7) is 5.27. The van der Waals surface area contributed by atoms with Crippen molar-refractivity contribution in [1.82, 2.24) is 29.4 Å². The highest BCUT2D eigenvalue weighted by atomic mass is 16.2. The molecular formula is C25H30N6O2. The van der Waals surface area contributed by atoms with Crippen LogP contribution in [0.3, 0.4) is 0 Å². The van der Waals surface area contributed by atoms with Crippen LogP contribution in [0.1, 0.15) is 41.8 Å². The fourth-order valence-corrected chi connectivity index (χ4v) is 3.92. The van der Waals surface area contributed by atoms with Crippen molar-refractivity contribution in [2.75, 3.05) is 13.1 Å². The molecule has 4 heterocycles. The van der Waals surface area contributed by atoms with Crippen LogP contribution >= 0.6 is 0 Å². The number of rotatable bonds is 10. The van der Waals surface area contributed by atoms with Gasteiger partial charge in [0, 0.05) is 37.9 Å². The number of unbranched alkanes of at least 4 members (excludes halogenated alkanes) is 2. The molecule has 4 rings (SSSR count). The quantitative estimate of drug-likeness (QED) is 0.367. The van der Waals surface area contributed by atoms with Crippen molar-refractivity contribution in [2.24, 2.45) is 0 Å². The van der Waals surface area contributed by atoms with E-state index in [2.05, 4.69) is 20.6 Å². The van der Waals surface area contributed by atoms with Crippen LogP contribution < -0.4 is 10.6 Å². The van der Waals surface area contributed by atoms with E-state index in [1.807, 2.05) is 71.7 Å². The minimum absolute atomic E-state index is 0.0212. The van der Waals surface area contributed by atoms with Crippen molar-refractivity contribution in [2.45, 2.75) is 46.0 Å². The molecule has 0 saturated carbocycles. The summed E-state index contributed by atoms with van der Waals surface area (Å²) >= 11 is 0. The lowest BCUT2D eigenvalue weighted by atomic mass is 10.2. The van der Waals surface area contributed by atoms with Gasteiger partial charge < -0.3 is 19.4 Å². The second-order valence-electron chi connectivity index (χ2n) is 8.42. The van der Waals surface area contributed by atoms with Crippen LogP contribution in [-0.2, 0) is 22.4 Å². The van der Waals surface area contributed by atoms with E-state index < -0.39 is 0 Å². The predicted octanol–water partition coefficient (Wildman–Crippen LogP) is 2.79. The first kappa shape index (κ1) is 22.5. The molecular weight excluding hydrogens is 416 g/mol. The molecule has 2 amide bonds. The summed E-state index contributed by atoms with van der Waals surface area (Å²) in [5.74, 6) is -0.0425. The van der Waals surface area contributed by atoms with Gasteiger partial charge >= 0.3 is 0 Å². The Bertz CT molecular complexity index is 1170. The van der Waals surface area contributed by atoms with E-state index in [-0.39, 0.29) is 24.7 Å². The second-order valence-corrected chi connectivity index (χ2v) is 8.42. The maximum atomic E-state index is 12.2. The van der Waals surface area contributed by atoms with E-state index >= 15 is 0 Å². The van der Waals surface area contributed by atoms with E-state index in [1.165, 1.54) is 0 Å².